The second-order valence-corrected chi connectivity index (χ2v) is 8.00. The number of hydrogen-bond acceptors (Lipinski definition) is 5. The van der Waals surface area contributed by atoms with E-state index in [2.05, 4.69) is 37.1 Å². The molecule has 1 aromatic rings. The molecule has 0 unspecified atom stereocenters. The second-order valence-electron chi connectivity index (χ2n) is 7.15. The topological polar surface area (TPSA) is 109 Å². The van der Waals surface area contributed by atoms with Crippen molar-refractivity contribution in [3.05, 3.63) is 34.1 Å². The Balaban J connectivity index is 1.66. The second kappa shape index (κ2) is 8.89. The van der Waals surface area contributed by atoms with Gasteiger partial charge in [-0.3, -0.25) is 9.59 Å². The Bertz CT molecular complexity index is 853. The molecule has 0 radical (unpaired) electrons. The van der Waals surface area contributed by atoms with E-state index in [9.17, 15) is 18.8 Å². The fraction of sp³-hybridized carbons (Fsp3) is 0.474. The molecular formula is C19H22BrFN4O4. The van der Waals surface area contributed by atoms with Crippen molar-refractivity contribution in [1.82, 2.24) is 16.1 Å². The molecule has 1 spiro atoms. The Morgan fingerprint density at radius 3 is 2.72 bits per heavy atom. The molecule has 1 aliphatic carbocycles. The highest BCUT2D eigenvalue weighted by Crippen LogP contribution is 2.41. The van der Waals surface area contributed by atoms with Crippen LogP contribution in [0, 0.1) is 11.7 Å². The number of hydrazone groups is 1. The highest BCUT2D eigenvalue weighted by molar-refractivity contribution is 9.10. The molecule has 3 rings (SSSR count). The van der Waals surface area contributed by atoms with Crippen molar-refractivity contribution < 1.29 is 23.5 Å². The van der Waals surface area contributed by atoms with Gasteiger partial charge in [-0.05, 0) is 56.2 Å². The summed E-state index contributed by atoms with van der Waals surface area (Å²) >= 11 is 3.36. The predicted octanol–water partition coefficient (Wildman–Crippen LogP) is 2.21. The predicted molar refractivity (Wildman–Crippen MR) is 107 cm³/mol. The molecule has 2 aliphatic rings. The Kier molecular flexibility index (Phi) is 6.51. The molecule has 3 N–H and O–H groups in total. The summed E-state index contributed by atoms with van der Waals surface area (Å²) in [6, 6.07) is 4.30. The Hall–Kier alpha value is -2.49. The molecule has 29 heavy (non-hydrogen) atoms. The van der Waals surface area contributed by atoms with Crippen LogP contribution in [0.2, 0.25) is 0 Å². The van der Waals surface area contributed by atoms with Crippen LogP contribution in [0.1, 0.15) is 37.7 Å². The number of rotatable bonds is 4. The van der Waals surface area contributed by atoms with Gasteiger partial charge in [0, 0.05) is 23.6 Å². The van der Waals surface area contributed by atoms with E-state index >= 15 is 0 Å². The molecule has 1 aromatic carbocycles. The van der Waals surface area contributed by atoms with Crippen LogP contribution < -0.4 is 16.1 Å². The standard InChI is InChI=1S/C19H22BrFN4O4/c1-22-16(26)17(27)23-9-6-11-4-7-19(8-5-11)15(24-25-18(28)29-19)13-3-2-12(21)10-14(13)20/h2-3,10-11H,4-9H2,1H3,(H,22,26)(H,23,27)(H,25,28). The van der Waals surface area contributed by atoms with Crippen LogP contribution in [0.15, 0.2) is 27.8 Å². The first-order valence-electron chi connectivity index (χ1n) is 9.37. The van der Waals surface area contributed by atoms with Crippen LogP contribution in [0.5, 0.6) is 0 Å². The summed E-state index contributed by atoms with van der Waals surface area (Å²) in [5.41, 5.74) is 2.71. The molecule has 8 nitrogen and oxygen atoms in total. The van der Waals surface area contributed by atoms with Crippen molar-refractivity contribution in [2.45, 2.75) is 37.7 Å². The normalized spacial score (nSPS) is 23.6. The van der Waals surface area contributed by atoms with Crippen molar-refractivity contribution in [3.8, 4) is 0 Å². The Labute approximate surface area is 175 Å². The highest BCUT2D eigenvalue weighted by Gasteiger charge is 2.46. The van der Waals surface area contributed by atoms with Crippen molar-refractivity contribution >= 4 is 39.5 Å². The van der Waals surface area contributed by atoms with E-state index in [0.29, 0.717) is 41.1 Å². The van der Waals surface area contributed by atoms with E-state index in [0.717, 1.165) is 19.3 Å². The maximum absolute atomic E-state index is 13.5. The number of nitrogens with zero attached hydrogens (tertiary/aromatic N) is 1. The van der Waals surface area contributed by atoms with Crippen molar-refractivity contribution in [3.63, 3.8) is 0 Å². The molecule has 0 saturated heterocycles. The van der Waals surface area contributed by atoms with Crippen LogP contribution in [-0.2, 0) is 14.3 Å². The summed E-state index contributed by atoms with van der Waals surface area (Å²) in [5, 5.41) is 9.10. The molecule has 1 saturated carbocycles. The maximum Gasteiger partial charge on any atom is 0.428 e. The number of hydrogen-bond donors (Lipinski definition) is 3. The largest absolute Gasteiger partial charge is 0.435 e. The van der Waals surface area contributed by atoms with Gasteiger partial charge >= 0.3 is 17.9 Å². The fourth-order valence-electron chi connectivity index (χ4n) is 3.79. The van der Waals surface area contributed by atoms with Gasteiger partial charge in [0.2, 0.25) is 0 Å². The zero-order valence-corrected chi connectivity index (χ0v) is 17.5. The molecule has 1 heterocycles. The summed E-state index contributed by atoms with van der Waals surface area (Å²) in [6.07, 6.45) is 2.77. The lowest BCUT2D eigenvalue weighted by atomic mass is 9.73. The first kappa shape index (κ1) is 21.2. The van der Waals surface area contributed by atoms with Gasteiger partial charge in [-0.2, -0.15) is 5.10 Å². The summed E-state index contributed by atoms with van der Waals surface area (Å²) < 4.78 is 19.7. The van der Waals surface area contributed by atoms with Crippen LogP contribution >= 0.6 is 15.9 Å². The smallest absolute Gasteiger partial charge is 0.428 e. The van der Waals surface area contributed by atoms with Crippen LogP contribution in [-0.4, -0.2) is 42.8 Å². The van der Waals surface area contributed by atoms with E-state index in [4.69, 9.17) is 4.74 Å². The van der Waals surface area contributed by atoms with E-state index < -0.39 is 23.5 Å². The van der Waals surface area contributed by atoms with Gasteiger partial charge in [0.05, 0.1) is 0 Å². The molecule has 1 aliphatic heterocycles. The minimum absolute atomic E-state index is 0.317. The van der Waals surface area contributed by atoms with Gasteiger partial charge < -0.3 is 15.4 Å². The lowest BCUT2D eigenvalue weighted by molar-refractivity contribution is -0.138. The third kappa shape index (κ3) is 4.75. The highest BCUT2D eigenvalue weighted by atomic mass is 79.9. The molecule has 0 aromatic heterocycles. The van der Waals surface area contributed by atoms with Gasteiger partial charge in [-0.25, -0.2) is 14.6 Å². The van der Waals surface area contributed by atoms with Gasteiger partial charge in [-0.15, -0.1) is 0 Å². The number of likely N-dealkylation sites (N-methyl/N-ethyl adjacent to an activating group) is 1. The van der Waals surface area contributed by atoms with Gasteiger partial charge in [0.15, 0.2) is 5.60 Å². The lowest BCUT2D eigenvalue weighted by Gasteiger charge is -2.42. The monoisotopic (exact) mass is 468 g/mol. The van der Waals surface area contributed by atoms with Gasteiger partial charge in [0.1, 0.15) is 11.5 Å². The number of amides is 3. The zero-order chi connectivity index (χ0) is 21.0. The first-order chi connectivity index (χ1) is 13.8. The summed E-state index contributed by atoms with van der Waals surface area (Å²) in [4.78, 5) is 34.6. The molecule has 3 amide bonds. The minimum Gasteiger partial charge on any atom is -0.435 e. The lowest BCUT2D eigenvalue weighted by Crippen LogP contribution is -2.52. The average molecular weight is 469 g/mol. The maximum atomic E-state index is 13.5. The number of benzene rings is 1. The first-order valence-corrected chi connectivity index (χ1v) is 10.2. The van der Waals surface area contributed by atoms with Crippen LogP contribution in [0.4, 0.5) is 9.18 Å². The van der Waals surface area contributed by atoms with Crippen molar-refractivity contribution in [1.29, 1.82) is 0 Å². The number of halogens is 2. The quantitative estimate of drug-likeness (QED) is 0.588. The molecule has 0 atom stereocenters. The minimum atomic E-state index is -0.871. The Morgan fingerprint density at radius 2 is 2.07 bits per heavy atom. The molecule has 10 heteroatoms. The molecule has 156 valence electrons. The number of carbonyl (C=O) groups excluding carboxylic acids is 3. The van der Waals surface area contributed by atoms with E-state index in [1.54, 1.807) is 6.07 Å². The summed E-state index contributed by atoms with van der Waals surface area (Å²) in [6.45, 7) is 0.399. The molecular weight excluding hydrogens is 447 g/mol. The number of nitrogens with one attached hydrogen (secondary N) is 3. The third-order valence-corrected chi connectivity index (χ3v) is 6.01. The van der Waals surface area contributed by atoms with Crippen LogP contribution in [0.3, 0.4) is 0 Å². The van der Waals surface area contributed by atoms with Gasteiger partial charge in [-0.1, -0.05) is 15.9 Å². The Morgan fingerprint density at radius 1 is 1.34 bits per heavy atom. The SMILES string of the molecule is CNC(=O)C(=O)NCCC1CCC2(CC1)OC(=O)NN=C2c1ccc(F)cc1Br. The van der Waals surface area contributed by atoms with Crippen molar-refractivity contribution in [2.24, 2.45) is 11.0 Å². The van der Waals surface area contributed by atoms with Crippen molar-refractivity contribution in [2.75, 3.05) is 13.6 Å². The summed E-state index contributed by atoms with van der Waals surface area (Å²) in [5.74, 6) is -1.38. The fourth-order valence-corrected chi connectivity index (χ4v) is 4.33. The van der Waals surface area contributed by atoms with E-state index in [-0.39, 0.29) is 5.82 Å². The van der Waals surface area contributed by atoms with Gasteiger partial charge in [0.25, 0.3) is 0 Å². The summed E-state index contributed by atoms with van der Waals surface area (Å²) in [7, 11) is 1.40. The molecule has 0 bridgehead atoms. The molecule has 1 fully saturated rings. The average Bonchev–Trinajstić information content (AvgIpc) is 2.70. The van der Waals surface area contributed by atoms with E-state index in [1.807, 2.05) is 0 Å². The van der Waals surface area contributed by atoms with E-state index in [1.165, 1.54) is 19.2 Å². The zero-order valence-electron chi connectivity index (χ0n) is 15.9. The number of ether oxygens (including phenoxy) is 1. The van der Waals surface area contributed by atoms with Crippen LogP contribution in [0.25, 0.3) is 0 Å². The number of carbonyl (C=O) groups is 3. The third-order valence-electron chi connectivity index (χ3n) is 5.35.